The summed E-state index contributed by atoms with van der Waals surface area (Å²) in [6.07, 6.45) is 0.688. The van der Waals surface area contributed by atoms with Crippen LogP contribution in [0.5, 0.6) is 0 Å². The predicted molar refractivity (Wildman–Crippen MR) is 58.1 cm³/mol. The maximum atomic E-state index is 11.3. The normalized spacial score (nSPS) is 14.6. The Morgan fingerprint density at radius 2 is 2.00 bits per heavy atom. The molecule has 0 saturated carbocycles. The molecule has 0 amide bonds. The molecule has 0 aromatic rings. The molecule has 14 heavy (non-hydrogen) atoms. The van der Waals surface area contributed by atoms with E-state index in [0.29, 0.717) is 6.42 Å². The highest BCUT2D eigenvalue weighted by atomic mass is 32.2. The highest BCUT2D eigenvalue weighted by Crippen LogP contribution is 2.02. The Morgan fingerprint density at radius 3 is 2.43 bits per heavy atom. The first-order valence-electron chi connectivity index (χ1n) is 4.94. The fourth-order valence-corrected chi connectivity index (χ4v) is 2.38. The van der Waals surface area contributed by atoms with Gasteiger partial charge in [0.15, 0.2) is 9.84 Å². The van der Waals surface area contributed by atoms with Crippen LogP contribution in [0, 0.1) is 0 Å². The smallest absolute Gasteiger partial charge is 0.151 e. The first kappa shape index (κ1) is 13.9. The second kappa shape index (κ2) is 6.37. The SMILES string of the molecule is CCS(=O)(=O)CC(C)N(C)CCCO. The Hall–Kier alpha value is -0.130. The molecule has 0 aromatic carbocycles. The van der Waals surface area contributed by atoms with Crippen LogP contribution in [-0.4, -0.2) is 56.2 Å². The molecule has 5 heteroatoms. The van der Waals surface area contributed by atoms with Crippen molar-refractivity contribution in [3.05, 3.63) is 0 Å². The fourth-order valence-electron chi connectivity index (χ4n) is 1.15. The lowest BCUT2D eigenvalue weighted by Crippen LogP contribution is -2.36. The lowest BCUT2D eigenvalue weighted by molar-refractivity contribution is 0.224. The molecule has 0 aliphatic rings. The van der Waals surface area contributed by atoms with E-state index in [1.807, 2.05) is 18.9 Å². The molecule has 0 bridgehead atoms. The summed E-state index contributed by atoms with van der Waals surface area (Å²) in [5, 5.41) is 8.63. The van der Waals surface area contributed by atoms with Gasteiger partial charge in [-0.2, -0.15) is 0 Å². The summed E-state index contributed by atoms with van der Waals surface area (Å²) < 4.78 is 22.6. The number of nitrogens with zero attached hydrogens (tertiary/aromatic N) is 1. The van der Waals surface area contributed by atoms with E-state index in [-0.39, 0.29) is 24.2 Å². The highest BCUT2D eigenvalue weighted by molar-refractivity contribution is 7.91. The molecule has 0 rings (SSSR count). The van der Waals surface area contributed by atoms with Crippen LogP contribution in [0.15, 0.2) is 0 Å². The Morgan fingerprint density at radius 1 is 1.43 bits per heavy atom. The second-order valence-corrected chi connectivity index (χ2v) is 6.00. The van der Waals surface area contributed by atoms with Crippen molar-refractivity contribution in [1.29, 1.82) is 0 Å². The fraction of sp³-hybridized carbons (Fsp3) is 1.00. The van der Waals surface area contributed by atoms with Gasteiger partial charge < -0.3 is 10.0 Å². The van der Waals surface area contributed by atoms with Gasteiger partial charge in [-0.1, -0.05) is 6.92 Å². The zero-order valence-electron chi connectivity index (χ0n) is 9.23. The van der Waals surface area contributed by atoms with E-state index < -0.39 is 9.84 Å². The first-order chi connectivity index (χ1) is 6.43. The molecule has 1 N–H and O–H groups in total. The minimum absolute atomic E-state index is 0.0199. The average Bonchev–Trinajstić information content (AvgIpc) is 2.13. The third-order valence-corrected chi connectivity index (χ3v) is 4.23. The zero-order chi connectivity index (χ0) is 11.2. The summed E-state index contributed by atoms with van der Waals surface area (Å²) in [4.78, 5) is 1.96. The van der Waals surface area contributed by atoms with Crippen LogP contribution in [0.1, 0.15) is 20.3 Å². The molecule has 86 valence electrons. The van der Waals surface area contributed by atoms with E-state index >= 15 is 0 Å². The van der Waals surface area contributed by atoms with Crippen molar-refractivity contribution >= 4 is 9.84 Å². The van der Waals surface area contributed by atoms with Crippen LogP contribution >= 0.6 is 0 Å². The van der Waals surface area contributed by atoms with Gasteiger partial charge in [-0.15, -0.1) is 0 Å². The van der Waals surface area contributed by atoms with Crippen LogP contribution < -0.4 is 0 Å². The lowest BCUT2D eigenvalue weighted by Gasteiger charge is -2.23. The van der Waals surface area contributed by atoms with E-state index in [0.717, 1.165) is 6.54 Å². The van der Waals surface area contributed by atoms with Gasteiger partial charge in [0.2, 0.25) is 0 Å². The van der Waals surface area contributed by atoms with Crippen molar-refractivity contribution in [3.8, 4) is 0 Å². The first-order valence-corrected chi connectivity index (χ1v) is 6.76. The van der Waals surface area contributed by atoms with Gasteiger partial charge in [-0.25, -0.2) is 8.42 Å². The molecule has 0 aromatic heterocycles. The van der Waals surface area contributed by atoms with E-state index in [9.17, 15) is 8.42 Å². The van der Waals surface area contributed by atoms with Gasteiger partial charge >= 0.3 is 0 Å². The largest absolute Gasteiger partial charge is 0.396 e. The third kappa shape index (κ3) is 5.57. The Bertz CT molecular complexity index is 238. The Kier molecular flexibility index (Phi) is 6.31. The van der Waals surface area contributed by atoms with Crippen LogP contribution in [0.3, 0.4) is 0 Å². The molecule has 4 nitrogen and oxygen atoms in total. The van der Waals surface area contributed by atoms with E-state index in [1.54, 1.807) is 6.92 Å². The summed E-state index contributed by atoms with van der Waals surface area (Å²) in [5.41, 5.74) is 0. The van der Waals surface area contributed by atoms with Crippen molar-refractivity contribution in [1.82, 2.24) is 4.90 Å². The molecule has 0 aliphatic carbocycles. The van der Waals surface area contributed by atoms with Crippen molar-refractivity contribution in [3.63, 3.8) is 0 Å². The third-order valence-electron chi connectivity index (χ3n) is 2.36. The molecular weight excluding hydrogens is 202 g/mol. The average molecular weight is 223 g/mol. The summed E-state index contributed by atoms with van der Waals surface area (Å²) >= 11 is 0. The molecule has 0 saturated heterocycles. The van der Waals surface area contributed by atoms with Gasteiger partial charge in [0.25, 0.3) is 0 Å². The second-order valence-electron chi connectivity index (χ2n) is 3.61. The lowest BCUT2D eigenvalue weighted by atomic mass is 10.3. The van der Waals surface area contributed by atoms with Crippen molar-refractivity contribution in [2.24, 2.45) is 0 Å². The van der Waals surface area contributed by atoms with E-state index in [4.69, 9.17) is 5.11 Å². The van der Waals surface area contributed by atoms with Crippen molar-refractivity contribution in [2.45, 2.75) is 26.3 Å². The number of rotatable bonds is 7. The molecule has 0 heterocycles. The van der Waals surface area contributed by atoms with E-state index in [2.05, 4.69) is 0 Å². The monoisotopic (exact) mass is 223 g/mol. The Balaban J connectivity index is 4.01. The maximum Gasteiger partial charge on any atom is 0.151 e. The molecule has 1 unspecified atom stereocenters. The van der Waals surface area contributed by atoms with Crippen LogP contribution in [0.25, 0.3) is 0 Å². The predicted octanol–water partition coefficient (Wildman–Crippen LogP) is 0.124. The number of aliphatic hydroxyl groups excluding tert-OH is 1. The van der Waals surface area contributed by atoms with Gasteiger partial charge in [-0.05, 0) is 20.4 Å². The Labute approximate surface area is 86.8 Å². The summed E-state index contributed by atoms with van der Waals surface area (Å²) in [5.74, 6) is 0.399. The van der Waals surface area contributed by atoms with Crippen LogP contribution in [0.2, 0.25) is 0 Å². The quantitative estimate of drug-likeness (QED) is 0.666. The molecule has 0 radical (unpaired) electrons. The van der Waals surface area contributed by atoms with Crippen LogP contribution in [-0.2, 0) is 9.84 Å². The molecule has 1 atom stereocenters. The van der Waals surface area contributed by atoms with Gasteiger partial charge in [0.05, 0.1) is 5.75 Å². The molecule has 0 aliphatic heterocycles. The summed E-state index contributed by atoms with van der Waals surface area (Å²) in [6, 6.07) is 0.0199. The van der Waals surface area contributed by atoms with Gasteiger partial charge in [0, 0.05) is 24.9 Å². The molecule has 0 fully saturated rings. The van der Waals surface area contributed by atoms with Gasteiger partial charge in [-0.3, -0.25) is 0 Å². The number of sulfone groups is 1. The standard InChI is InChI=1S/C9H21NO3S/c1-4-14(12,13)8-9(2)10(3)6-5-7-11/h9,11H,4-8H2,1-3H3. The number of hydrogen-bond donors (Lipinski definition) is 1. The minimum Gasteiger partial charge on any atom is -0.396 e. The summed E-state index contributed by atoms with van der Waals surface area (Å²) in [6.45, 7) is 4.44. The topological polar surface area (TPSA) is 57.6 Å². The number of hydrogen-bond acceptors (Lipinski definition) is 4. The zero-order valence-corrected chi connectivity index (χ0v) is 10.0. The summed E-state index contributed by atoms with van der Waals surface area (Å²) in [7, 11) is -1.01. The highest BCUT2D eigenvalue weighted by Gasteiger charge is 2.16. The maximum absolute atomic E-state index is 11.3. The van der Waals surface area contributed by atoms with Crippen molar-refractivity contribution < 1.29 is 13.5 Å². The van der Waals surface area contributed by atoms with Crippen molar-refractivity contribution in [2.75, 3.05) is 31.7 Å². The molecular formula is C9H21NO3S. The number of aliphatic hydroxyl groups is 1. The van der Waals surface area contributed by atoms with Crippen LogP contribution in [0.4, 0.5) is 0 Å². The molecule has 0 spiro atoms. The van der Waals surface area contributed by atoms with E-state index in [1.165, 1.54) is 0 Å². The minimum atomic E-state index is -2.89. The van der Waals surface area contributed by atoms with Gasteiger partial charge in [0.1, 0.15) is 0 Å².